The summed E-state index contributed by atoms with van der Waals surface area (Å²) in [6, 6.07) is 0. The van der Waals surface area contributed by atoms with Crippen molar-refractivity contribution in [3.8, 4) is 0 Å². The molecule has 0 saturated heterocycles. The molecule has 4 bridgehead atoms. The van der Waals surface area contributed by atoms with Gasteiger partial charge < -0.3 is 18.9 Å². The van der Waals surface area contributed by atoms with Crippen LogP contribution in [0.15, 0.2) is 12.2 Å². The van der Waals surface area contributed by atoms with Crippen LogP contribution < -0.4 is 0 Å². The lowest BCUT2D eigenvalue weighted by atomic mass is 9.51. The number of hydrogen-bond donors (Lipinski definition) is 0. The summed E-state index contributed by atoms with van der Waals surface area (Å²) < 4.78 is 130. The predicted octanol–water partition coefficient (Wildman–Crippen LogP) is 4.59. The van der Waals surface area contributed by atoms with Gasteiger partial charge in [-0.05, 0) is 44.9 Å². The normalized spacial score (nSPS) is 27.5. The van der Waals surface area contributed by atoms with Gasteiger partial charge in [-0.25, -0.2) is 19.2 Å². The van der Waals surface area contributed by atoms with Crippen molar-refractivity contribution in [2.75, 3.05) is 6.61 Å². The Balaban J connectivity index is 1.95. The Kier molecular flexibility index (Phi) is 7.78. The van der Waals surface area contributed by atoms with Crippen LogP contribution in [0, 0.1) is 17.8 Å². The number of carbonyl (C=O) groups excluding carboxylic acids is 4. The van der Waals surface area contributed by atoms with E-state index in [9.17, 15) is 54.3 Å². The van der Waals surface area contributed by atoms with E-state index in [4.69, 9.17) is 9.47 Å². The molecule has 4 saturated carbocycles. The number of halogens is 8. The van der Waals surface area contributed by atoms with Crippen LogP contribution in [0.2, 0.25) is 0 Å². The number of carbonyl (C=O) groups is 4. The van der Waals surface area contributed by atoms with Crippen LogP contribution in [0.1, 0.15) is 52.9 Å². The molecule has 0 spiro atoms. The van der Waals surface area contributed by atoms with E-state index in [1.165, 1.54) is 6.92 Å². The van der Waals surface area contributed by atoms with Crippen molar-refractivity contribution in [2.24, 2.45) is 17.8 Å². The van der Waals surface area contributed by atoms with Gasteiger partial charge in [-0.1, -0.05) is 6.58 Å². The largest absolute Gasteiger partial charge is 0.457 e. The van der Waals surface area contributed by atoms with Crippen molar-refractivity contribution in [3.63, 3.8) is 0 Å². The lowest BCUT2D eigenvalue weighted by Crippen LogP contribution is -2.69. The fourth-order valence-corrected chi connectivity index (χ4v) is 5.63. The van der Waals surface area contributed by atoms with Gasteiger partial charge in [0.05, 0.1) is 0 Å². The van der Waals surface area contributed by atoms with E-state index in [2.05, 4.69) is 16.1 Å². The highest BCUT2D eigenvalue weighted by Gasteiger charge is 2.72. The molecule has 0 heterocycles. The first-order valence-corrected chi connectivity index (χ1v) is 12.0. The minimum atomic E-state index is -5.52. The molecule has 0 aromatic carbocycles. The van der Waals surface area contributed by atoms with E-state index in [1.807, 2.05) is 0 Å². The quantitative estimate of drug-likeness (QED) is 0.119. The van der Waals surface area contributed by atoms with E-state index in [0.29, 0.717) is 0 Å². The van der Waals surface area contributed by atoms with Crippen molar-refractivity contribution in [3.05, 3.63) is 12.2 Å². The van der Waals surface area contributed by atoms with Gasteiger partial charge in [-0.15, -0.1) is 0 Å². The fourth-order valence-electron chi connectivity index (χ4n) is 5.63. The van der Waals surface area contributed by atoms with Crippen molar-refractivity contribution in [1.29, 1.82) is 0 Å². The SMILES string of the molecule is C=C(C)C(=O)OCC(=O)OC12CC3CC(C1)C(OC(=O)C(F)(F)C(C)(F)F)(OC(=O)C(F)(F)C(C)(F)F)C(C3)C2. The lowest BCUT2D eigenvalue weighted by Gasteiger charge is -2.62. The Morgan fingerprint density at radius 3 is 1.57 bits per heavy atom. The maximum Gasteiger partial charge on any atom is 0.404 e. The summed E-state index contributed by atoms with van der Waals surface area (Å²) in [7, 11) is 0. The summed E-state index contributed by atoms with van der Waals surface area (Å²) in [6.45, 7) is 3.15. The van der Waals surface area contributed by atoms with Gasteiger partial charge >= 0.3 is 47.6 Å². The fraction of sp³-hybridized carbons (Fsp3) is 0.750. The molecule has 0 amide bonds. The van der Waals surface area contributed by atoms with Gasteiger partial charge in [-0.2, -0.15) is 35.1 Å². The first-order valence-electron chi connectivity index (χ1n) is 12.0. The highest BCUT2D eigenvalue weighted by Crippen LogP contribution is 2.63. The Morgan fingerprint density at radius 1 is 0.775 bits per heavy atom. The topological polar surface area (TPSA) is 105 Å². The molecule has 0 radical (unpaired) electrons. The van der Waals surface area contributed by atoms with Gasteiger partial charge in [0.15, 0.2) is 6.61 Å². The summed E-state index contributed by atoms with van der Waals surface area (Å²) in [6.07, 6.45) is -1.12. The minimum Gasteiger partial charge on any atom is -0.457 e. The molecule has 226 valence electrons. The molecule has 8 nitrogen and oxygen atoms in total. The zero-order valence-corrected chi connectivity index (χ0v) is 21.5. The maximum absolute atomic E-state index is 14.2. The Bertz CT molecular complexity index is 1040. The Hall–Kier alpha value is -2.94. The summed E-state index contributed by atoms with van der Waals surface area (Å²) in [5, 5.41) is 0. The van der Waals surface area contributed by atoms with E-state index >= 15 is 0 Å². The van der Waals surface area contributed by atoms with Crippen LogP contribution in [0.5, 0.6) is 0 Å². The third-order valence-corrected chi connectivity index (χ3v) is 7.39. The van der Waals surface area contributed by atoms with Crippen LogP contribution in [0.25, 0.3) is 0 Å². The molecule has 0 aromatic heterocycles. The molecule has 0 aromatic rings. The van der Waals surface area contributed by atoms with Gasteiger partial charge in [0, 0.05) is 31.3 Å². The third kappa shape index (κ3) is 5.49. The lowest BCUT2D eigenvalue weighted by molar-refractivity contribution is -0.347. The second-order valence-electron chi connectivity index (χ2n) is 10.8. The first-order chi connectivity index (χ1) is 18.0. The van der Waals surface area contributed by atoms with Crippen molar-refractivity contribution < 1.29 is 73.2 Å². The van der Waals surface area contributed by atoms with Gasteiger partial charge in [-0.3, -0.25) is 0 Å². The molecule has 4 fully saturated rings. The molecular formula is C24H26F8O8. The molecule has 0 aliphatic heterocycles. The van der Waals surface area contributed by atoms with Gasteiger partial charge in [0.1, 0.15) is 5.60 Å². The number of rotatable bonds is 10. The minimum absolute atomic E-state index is 0.0278. The first kappa shape index (κ1) is 31.6. The standard InChI is InChI=1S/C24H26F8O8/c1-11(2)16(34)37-10-15(33)38-21-7-12-5-13(8-21)22(14(6-12)9-21,39-17(35)23(29,30)19(3,25)26)40-18(36)24(31,32)20(4,27)28/h12-14H,1,5-10H2,2-4H3. The van der Waals surface area contributed by atoms with Crippen LogP contribution in [-0.2, 0) is 38.1 Å². The Morgan fingerprint density at radius 2 is 1.20 bits per heavy atom. The van der Waals surface area contributed by atoms with Gasteiger partial charge in [0.25, 0.3) is 5.79 Å². The Labute approximate surface area is 222 Å². The molecule has 0 N–H and O–H groups in total. The number of alkyl halides is 8. The smallest absolute Gasteiger partial charge is 0.404 e. The second kappa shape index (κ2) is 9.86. The predicted molar refractivity (Wildman–Crippen MR) is 114 cm³/mol. The second-order valence-corrected chi connectivity index (χ2v) is 10.8. The zero-order chi connectivity index (χ0) is 30.7. The zero-order valence-electron chi connectivity index (χ0n) is 21.5. The van der Waals surface area contributed by atoms with E-state index in [1.54, 1.807) is 0 Å². The summed E-state index contributed by atoms with van der Waals surface area (Å²) >= 11 is 0. The highest BCUT2D eigenvalue weighted by molar-refractivity contribution is 5.88. The summed E-state index contributed by atoms with van der Waals surface area (Å²) in [5.41, 5.74) is -1.49. The summed E-state index contributed by atoms with van der Waals surface area (Å²) in [5.74, 6) is -35.3. The average Bonchev–Trinajstić information content (AvgIpc) is 2.78. The van der Waals surface area contributed by atoms with E-state index in [0.717, 1.165) is 0 Å². The monoisotopic (exact) mass is 594 g/mol. The number of hydrogen-bond acceptors (Lipinski definition) is 8. The van der Waals surface area contributed by atoms with Crippen LogP contribution in [0.4, 0.5) is 35.1 Å². The number of esters is 4. The van der Waals surface area contributed by atoms with Crippen LogP contribution in [0.3, 0.4) is 0 Å². The molecule has 4 aliphatic rings. The van der Waals surface area contributed by atoms with Crippen molar-refractivity contribution in [1.82, 2.24) is 0 Å². The van der Waals surface area contributed by atoms with Crippen LogP contribution in [-0.4, -0.2) is 65.6 Å². The van der Waals surface area contributed by atoms with Crippen molar-refractivity contribution in [2.45, 2.75) is 88.0 Å². The molecule has 2 atom stereocenters. The van der Waals surface area contributed by atoms with Crippen LogP contribution >= 0.6 is 0 Å². The van der Waals surface area contributed by atoms with Gasteiger partial charge in [0.2, 0.25) is 0 Å². The van der Waals surface area contributed by atoms with E-state index < -0.39 is 96.2 Å². The maximum atomic E-state index is 14.2. The molecule has 2 unspecified atom stereocenters. The van der Waals surface area contributed by atoms with Crippen molar-refractivity contribution >= 4 is 23.9 Å². The molecule has 40 heavy (non-hydrogen) atoms. The average molecular weight is 594 g/mol. The van der Waals surface area contributed by atoms with E-state index in [-0.39, 0.29) is 38.7 Å². The highest BCUT2D eigenvalue weighted by atomic mass is 19.3. The molecule has 4 rings (SSSR count). The molecule has 4 aliphatic carbocycles. The number of ether oxygens (including phenoxy) is 4. The molecule has 16 heteroatoms. The summed E-state index contributed by atoms with van der Waals surface area (Å²) in [4.78, 5) is 48.5. The third-order valence-electron chi connectivity index (χ3n) is 7.39. The molecular weight excluding hydrogens is 568 g/mol.